The van der Waals surface area contributed by atoms with Crippen LogP contribution in [0.1, 0.15) is 12.0 Å². The molecule has 0 saturated heterocycles. The summed E-state index contributed by atoms with van der Waals surface area (Å²) in [5.41, 5.74) is 6.65. The lowest BCUT2D eigenvalue weighted by Crippen LogP contribution is -2.06. The van der Waals surface area contributed by atoms with Crippen LogP contribution >= 0.6 is 15.9 Å². The van der Waals surface area contributed by atoms with Crippen molar-refractivity contribution < 1.29 is 4.74 Å². The van der Waals surface area contributed by atoms with Crippen molar-refractivity contribution in [3.63, 3.8) is 0 Å². The molecule has 0 atom stereocenters. The number of benzene rings is 1. The third-order valence-corrected chi connectivity index (χ3v) is 2.43. The van der Waals surface area contributed by atoms with Crippen LogP contribution in [0, 0.1) is 12.3 Å². The van der Waals surface area contributed by atoms with Crippen LogP contribution < -0.4 is 10.5 Å². The molecule has 0 aliphatic carbocycles. The first kappa shape index (κ1) is 12.1. The second-order valence-electron chi connectivity index (χ2n) is 3.09. The number of hydrogen-bond donors (Lipinski definition) is 1. The minimum atomic E-state index is 0.551. The highest BCUT2D eigenvalue weighted by Gasteiger charge is 2.03. The minimum Gasteiger partial charge on any atom is -0.492 e. The van der Waals surface area contributed by atoms with Gasteiger partial charge in [0, 0.05) is 10.9 Å². The van der Waals surface area contributed by atoms with Crippen LogP contribution in [0.2, 0.25) is 0 Å². The highest BCUT2D eigenvalue weighted by atomic mass is 79.9. The van der Waals surface area contributed by atoms with Crippen LogP contribution in [-0.2, 0) is 6.42 Å². The molecule has 3 heteroatoms. The fourth-order valence-corrected chi connectivity index (χ4v) is 1.67. The molecule has 0 amide bonds. The Labute approximate surface area is 98.9 Å². The Morgan fingerprint density at radius 2 is 2.27 bits per heavy atom. The van der Waals surface area contributed by atoms with Gasteiger partial charge in [-0.1, -0.05) is 15.9 Å². The van der Waals surface area contributed by atoms with Crippen LogP contribution in [0.4, 0.5) is 0 Å². The van der Waals surface area contributed by atoms with Crippen molar-refractivity contribution in [3.8, 4) is 18.1 Å². The number of hydrogen-bond acceptors (Lipinski definition) is 2. The molecule has 80 valence electrons. The maximum absolute atomic E-state index is 5.57. The van der Waals surface area contributed by atoms with Gasteiger partial charge in [0.15, 0.2) is 0 Å². The number of terminal acetylenes is 1. The lowest BCUT2D eigenvalue weighted by Gasteiger charge is -2.10. The van der Waals surface area contributed by atoms with Crippen molar-refractivity contribution in [2.75, 3.05) is 13.2 Å². The molecule has 1 aromatic carbocycles. The van der Waals surface area contributed by atoms with E-state index in [0.717, 1.165) is 22.2 Å². The van der Waals surface area contributed by atoms with Gasteiger partial charge in [-0.2, -0.15) is 0 Å². The fourth-order valence-electron chi connectivity index (χ4n) is 1.26. The van der Waals surface area contributed by atoms with Gasteiger partial charge in [-0.3, -0.25) is 0 Å². The van der Waals surface area contributed by atoms with Gasteiger partial charge < -0.3 is 10.5 Å². The lowest BCUT2D eigenvalue weighted by atomic mass is 10.1. The van der Waals surface area contributed by atoms with Crippen LogP contribution in [0.15, 0.2) is 22.7 Å². The molecular weight excluding hydrogens is 254 g/mol. The van der Waals surface area contributed by atoms with Gasteiger partial charge >= 0.3 is 0 Å². The molecule has 0 unspecified atom stereocenters. The van der Waals surface area contributed by atoms with Gasteiger partial charge in [0.1, 0.15) is 5.75 Å². The highest BCUT2D eigenvalue weighted by Crippen LogP contribution is 2.23. The normalized spacial score (nSPS) is 9.67. The molecule has 0 heterocycles. The Hall–Kier alpha value is -0.980. The van der Waals surface area contributed by atoms with Gasteiger partial charge in [-0.15, -0.1) is 12.3 Å². The van der Waals surface area contributed by atoms with E-state index in [1.165, 1.54) is 0 Å². The van der Waals surface area contributed by atoms with E-state index in [9.17, 15) is 0 Å². The summed E-state index contributed by atoms with van der Waals surface area (Å²) in [4.78, 5) is 0. The summed E-state index contributed by atoms with van der Waals surface area (Å²) in [5, 5.41) is 0. The summed E-state index contributed by atoms with van der Waals surface area (Å²) in [6.07, 6.45) is 6.59. The predicted molar refractivity (Wildman–Crippen MR) is 65.8 cm³/mol. The average Bonchev–Trinajstić information content (AvgIpc) is 2.22. The molecule has 0 aliphatic rings. The molecule has 0 radical (unpaired) electrons. The zero-order valence-corrected chi connectivity index (χ0v) is 10.1. The van der Waals surface area contributed by atoms with Crippen molar-refractivity contribution in [2.24, 2.45) is 5.73 Å². The molecule has 2 nitrogen and oxygen atoms in total. The molecule has 0 aromatic heterocycles. The Morgan fingerprint density at radius 1 is 1.47 bits per heavy atom. The molecule has 0 saturated carbocycles. The van der Waals surface area contributed by atoms with Crippen LogP contribution in [0.5, 0.6) is 5.75 Å². The second kappa shape index (κ2) is 6.49. The molecular formula is C12H14BrNO. The summed E-state index contributed by atoms with van der Waals surface area (Å²) in [6.45, 7) is 1.16. The number of nitrogens with two attached hydrogens (primary N) is 1. The van der Waals surface area contributed by atoms with E-state index in [4.69, 9.17) is 16.9 Å². The van der Waals surface area contributed by atoms with Gasteiger partial charge in [0.05, 0.1) is 6.61 Å². The van der Waals surface area contributed by atoms with Gasteiger partial charge in [0.25, 0.3) is 0 Å². The molecule has 0 aliphatic heterocycles. The standard InChI is InChI=1S/C12H14BrNO/c1-2-3-8-15-12-5-4-11(13)9-10(12)6-7-14/h1,4-5,9H,3,6-8,14H2. The summed E-state index contributed by atoms with van der Waals surface area (Å²) < 4.78 is 6.60. The quantitative estimate of drug-likeness (QED) is 0.657. The predicted octanol–water partition coefficient (Wildman–Crippen LogP) is 2.35. The molecule has 1 aromatic rings. The molecule has 15 heavy (non-hydrogen) atoms. The maximum atomic E-state index is 5.57. The summed E-state index contributed by atoms with van der Waals surface area (Å²) in [7, 11) is 0. The first-order valence-electron chi connectivity index (χ1n) is 4.82. The van der Waals surface area contributed by atoms with Gasteiger partial charge in [-0.25, -0.2) is 0 Å². The zero-order valence-electron chi connectivity index (χ0n) is 8.50. The Bertz CT molecular complexity index is 357. The van der Waals surface area contributed by atoms with Crippen LogP contribution in [0.25, 0.3) is 0 Å². The van der Waals surface area contributed by atoms with E-state index in [2.05, 4.69) is 21.9 Å². The van der Waals surface area contributed by atoms with Crippen molar-refractivity contribution >= 4 is 15.9 Å². The summed E-state index contributed by atoms with van der Waals surface area (Å²) in [5.74, 6) is 3.42. The first-order chi connectivity index (χ1) is 7.27. The monoisotopic (exact) mass is 267 g/mol. The van der Waals surface area contributed by atoms with Crippen molar-refractivity contribution in [3.05, 3.63) is 28.2 Å². The SMILES string of the molecule is C#CCCOc1ccc(Br)cc1CCN. The van der Waals surface area contributed by atoms with Crippen molar-refractivity contribution in [1.82, 2.24) is 0 Å². The van der Waals surface area contributed by atoms with Crippen LogP contribution in [-0.4, -0.2) is 13.2 Å². The lowest BCUT2D eigenvalue weighted by molar-refractivity contribution is 0.324. The Balaban J connectivity index is 2.72. The van der Waals surface area contributed by atoms with E-state index in [0.29, 0.717) is 19.6 Å². The van der Waals surface area contributed by atoms with E-state index >= 15 is 0 Å². The molecule has 0 fully saturated rings. The Kier molecular flexibility index (Phi) is 5.23. The van der Waals surface area contributed by atoms with Crippen LogP contribution in [0.3, 0.4) is 0 Å². The number of rotatable bonds is 5. The molecule has 0 spiro atoms. The fraction of sp³-hybridized carbons (Fsp3) is 0.333. The number of halogens is 1. The van der Waals surface area contributed by atoms with Crippen molar-refractivity contribution in [1.29, 1.82) is 0 Å². The number of ether oxygens (including phenoxy) is 1. The third-order valence-electron chi connectivity index (χ3n) is 1.94. The van der Waals surface area contributed by atoms with E-state index in [-0.39, 0.29) is 0 Å². The highest BCUT2D eigenvalue weighted by molar-refractivity contribution is 9.10. The van der Waals surface area contributed by atoms with E-state index in [1.54, 1.807) is 0 Å². The van der Waals surface area contributed by atoms with E-state index < -0.39 is 0 Å². The molecule has 0 bridgehead atoms. The summed E-state index contributed by atoms with van der Waals surface area (Å²) in [6, 6.07) is 5.91. The van der Waals surface area contributed by atoms with Gasteiger partial charge in [-0.05, 0) is 36.7 Å². The smallest absolute Gasteiger partial charge is 0.122 e. The first-order valence-corrected chi connectivity index (χ1v) is 5.62. The average molecular weight is 268 g/mol. The second-order valence-corrected chi connectivity index (χ2v) is 4.01. The third kappa shape index (κ3) is 3.94. The minimum absolute atomic E-state index is 0.551. The topological polar surface area (TPSA) is 35.2 Å². The molecule has 2 N–H and O–H groups in total. The largest absolute Gasteiger partial charge is 0.492 e. The van der Waals surface area contributed by atoms with E-state index in [1.807, 2.05) is 18.2 Å². The van der Waals surface area contributed by atoms with Crippen molar-refractivity contribution in [2.45, 2.75) is 12.8 Å². The van der Waals surface area contributed by atoms with Gasteiger partial charge in [0.2, 0.25) is 0 Å². The molecule has 1 rings (SSSR count). The summed E-state index contributed by atoms with van der Waals surface area (Å²) >= 11 is 3.42. The zero-order chi connectivity index (χ0) is 11.1. The Morgan fingerprint density at radius 3 is 2.93 bits per heavy atom. The maximum Gasteiger partial charge on any atom is 0.122 e.